The third-order valence-electron chi connectivity index (χ3n) is 5.21. The van der Waals surface area contributed by atoms with Crippen LogP contribution in [0.3, 0.4) is 0 Å². The molecule has 2 amide bonds. The Balaban J connectivity index is 1.50. The molecular weight excluding hydrogens is 356 g/mol. The van der Waals surface area contributed by atoms with Gasteiger partial charge in [-0.25, -0.2) is 0 Å². The zero-order valence-corrected chi connectivity index (χ0v) is 15.9. The van der Waals surface area contributed by atoms with Crippen molar-refractivity contribution in [2.24, 2.45) is 0 Å². The van der Waals surface area contributed by atoms with E-state index in [2.05, 4.69) is 5.32 Å². The van der Waals surface area contributed by atoms with Crippen LogP contribution < -0.4 is 14.8 Å². The van der Waals surface area contributed by atoms with Crippen LogP contribution in [0, 0.1) is 0 Å². The van der Waals surface area contributed by atoms with Gasteiger partial charge in [0.15, 0.2) is 11.5 Å². The lowest BCUT2D eigenvalue weighted by Crippen LogP contribution is -2.30. The zero-order chi connectivity index (χ0) is 19.5. The molecule has 0 spiro atoms. The summed E-state index contributed by atoms with van der Waals surface area (Å²) >= 11 is 0. The fourth-order valence-corrected chi connectivity index (χ4v) is 3.78. The molecule has 2 heterocycles. The van der Waals surface area contributed by atoms with Crippen LogP contribution >= 0.6 is 0 Å². The summed E-state index contributed by atoms with van der Waals surface area (Å²) in [6, 6.07) is 13.4. The van der Waals surface area contributed by atoms with Crippen molar-refractivity contribution in [1.82, 2.24) is 10.2 Å². The first kappa shape index (κ1) is 18.3. The van der Waals surface area contributed by atoms with Gasteiger partial charge in [-0.05, 0) is 48.2 Å². The molecule has 6 heteroatoms. The van der Waals surface area contributed by atoms with Crippen LogP contribution in [-0.4, -0.2) is 36.5 Å². The molecule has 6 nitrogen and oxygen atoms in total. The minimum Gasteiger partial charge on any atom is -0.486 e. The SMILES string of the molecule is CC(=O)NCc1ccc(C(=O)N2CCC[C@@H]2c2ccc3c(c2)OCCO3)cc1. The number of benzene rings is 2. The molecule has 28 heavy (non-hydrogen) atoms. The Morgan fingerprint density at radius 3 is 2.57 bits per heavy atom. The van der Waals surface area contributed by atoms with Gasteiger partial charge in [0, 0.05) is 25.6 Å². The second-order valence-corrected chi connectivity index (χ2v) is 7.17. The molecule has 146 valence electrons. The number of hydrogen-bond donors (Lipinski definition) is 1. The first-order chi connectivity index (χ1) is 13.6. The summed E-state index contributed by atoms with van der Waals surface area (Å²) in [5.74, 6) is 1.48. The summed E-state index contributed by atoms with van der Waals surface area (Å²) < 4.78 is 11.3. The van der Waals surface area contributed by atoms with E-state index in [4.69, 9.17) is 9.47 Å². The number of nitrogens with one attached hydrogen (secondary N) is 1. The fraction of sp³-hybridized carbons (Fsp3) is 0.364. The van der Waals surface area contributed by atoms with E-state index < -0.39 is 0 Å². The highest BCUT2D eigenvalue weighted by atomic mass is 16.6. The largest absolute Gasteiger partial charge is 0.486 e. The highest BCUT2D eigenvalue weighted by molar-refractivity contribution is 5.94. The maximum atomic E-state index is 13.1. The minimum absolute atomic E-state index is 0.0310. The minimum atomic E-state index is -0.0699. The lowest BCUT2D eigenvalue weighted by Gasteiger charge is -2.27. The van der Waals surface area contributed by atoms with E-state index in [0.29, 0.717) is 25.3 Å². The summed E-state index contributed by atoms with van der Waals surface area (Å²) in [5.41, 5.74) is 2.71. The van der Waals surface area contributed by atoms with Gasteiger partial charge in [-0.15, -0.1) is 0 Å². The van der Waals surface area contributed by atoms with E-state index in [1.54, 1.807) is 0 Å². The molecule has 2 aromatic rings. The normalized spacial score (nSPS) is 18.0. The highest BCUT2D eigenvalue weighted by Crippen LogP contribution is 2.38. The number of ether oxygens (including phenoxy) is 2. The van der Waals surface area contributed by atoms with Crippen LogP contribution in [0.5, 0.6) is 11.5 Å². The third-order valence-corrected chi connectivity index (χ3v) is 5.21. The number of fused-ring (bicyclic) bond motifs is 1. The molecule has 0 aliphatic carbocycles. The van der Waals surface area contributed by atoms with Gasteiger partial charge in [0.1, 0.15) is 13.2 Å². The number of rotatable bonds is 4. The predicted molar refractivity (Wildman–Crippen MR) is 104 cm³/mol. The van der Waals surface area contributed by atoms with Crippen molar-refractivity contribution >= 4 is 11.8 Å². The average Bonchev–Trinajstić information content (AvgIpc) is 3.21. The topological polar surface area (TPSA) is 67.9 Å². The van der Waals surface area contributed by atoms with Gasteiger partial charge in [0.25, 0.3) is 5.91 Å². The van der Waals surface area contributed by atoms with Crippen LogP contribution in [-0.2, 0) is 11.3 Å². The van der Waals surface area contributed by atoms with Crippen LogP contribution in [0.4, 0.5) is 0 Å². The van der Waals surface area contributed by atoms with Crippen molar-refractivity contribution in [1.29, 1.82) is 0 Å². The van der Waals surface area contributed by atoms with Crippen molar-refractivity contribution in [2.45, 2.75) is 32.4 Å². The predicted octanol–water partition coefficient (Wildman–Crippen LogP) is 3.07. The molecule has 2 aromatic carbocycles. The molecule has 2 aliphatic heterocycles. The first-order valence-electron chi connectivity index (χ1n) is 9.66. The van der Waals surface area contributed by atoms with Gasteiger partial charge in [-0.3, -0.25) is 9.59 Å². The lowest BCUT2D eigenvalue weighted by atomic mass is 10.0. The molecule has 0 radical (unpaired) electrons. The fourth-order valence-electron chi connectivity index (χ4n) is 3.78. The van der Waals surface area contributed by atoms with Crippen molar-refractivity contribution in [3.63, 3.8) is 0 Å². The van der Waals surface area contributed by atoms with Gasteiger partial charge in [0.05, 0.1) is 6.04 Å². The maximum absolute atomic E-state index is 13.1. The summed E-state index contributed by atoms with van der Waals surface area (Å²) in [7, 11) is 0. The Bertz CT molecular complexity index is 879. The number of carbonyl (C=O) groups is 2. The molecule has 0 bridgehead atoms. The standard InChI is InChI=1S/C22H24N2O4/c1-15(25)23-14-16-4-6-17(7-5-16)22(26)24-10-2-3-19(24)18-8-9-20-21(13-18)28-12-11-27-20/h4-9,13,19H,2-3,10-12,14H2,1H3,(H,23,25)/t19-/m1/s1. The molecule has 1 N–H and O–H groups in total. The Morgan fingerprint density at radius 2 is 1.82 bits per heavy atom. The van der Waals surface area contributed by atoms with E-state index in [0.717, 1.165) is 42.0 Å². The summed E-state index contributed by atoms with van der Waals surface area (Å²) in [6.07, 6.45) is 1.91. The van der Waals surface area contributed by atoms with Crippen molar-refractivity contribution in [3.8, 4) is 11.5 Å². The van der Waals surface area contributed by atoms with E-state index in [1.165, 1.54) is 6.92 Å². The summed E-state index contributed by atoms with van der Waals surface area (Å²) in [5, 5.41) is 2.76. The van der Waals surface area contributed by atoms with Crippen molar-refractivity contribution < 1.29 is 19.1 Å². The molecule has 1 fully saturated rings. The molecule has 0 unspecified atom stereocenters. The summed E-state index contributed by atoms with van der Waals surface area (Å²) in [4.78, 5) is 26.1. The van der Waals surface area contributed by atoms with E-state index in [-0.39, 0.29) is 17.9 Å². The Hall–Kier alpha value is -3.02. The Labute approximate surface area is 164 Å². The molecule has 1 saturated heterocycles. The van der Waals surface area contributed by atoms with Gasteiger partial charge in [0.2, 0.25) is 5.91 Å². The Kier molecular flexibility index (Phi) is 5.19. The number of nitrogens with zero attached hydrogens (tertiary/aromatic N) is 1. The monoisotopic (exact) mass is 380 g/mol. The van der Waals surface area contributed by atoms with Gasteiger partial charge in [-0.1, -0.05) is 18.2 Å². The maximum Gasteiger partial charge on any atom is 0.254 e. The second kappa shape index (κ2) is 7.92. The zero-order valence-electron chi connectivity index (χ0n) is 15.9. The van der Waals surface area contributed by atoms with Crippen molar-refractivity contribution in [2.75, 3.05) is 19.8 Å². The van der Waals surface area contributed by atoms with Crippen LogP contribution in [0.2, 0.25) is 0 Å². The third kappa shape index (κ3) is 3.81. The molecule has 2 aliphatic rings. The number of hydrogen-bond acceptors (Lipinski definition) is 4. The summed E-state index contributed by atoms with van der Waals surface area (Å²) in [6.45, 7) is 3.81. The van der Waals surface area contributed by atoms with Crippen LogP contribution in [0.25, 0.3) is 0 Å². The van der Waals surface area contributed by atoms with Gasteiger partial charge >= 0.3 is 0 Å². The van der Waals surface area contributed by atoms with Crippen LogP contribution in [0.15, 0.2) is 42.5 Å². The van der Waals surface area contributed by atoms with E-state index in [9.17, 15) is 9.59 Å². The number of amides is 2. The quantitative estimate of drug-likeness (QED) is 0.885. The highest BCUT2D eigenvalue weighted by Gasteiger charge is 2.31. The van der Waals surface area contributed by atoms with Gasteiger partial charge in [-0.2, -0.15) is 0 Å². The lowest BCUT2D eigenvalue weighted by molar-refractivity contribution is -0.119. The molecular formula is C22H24N2O4. The Morgan fingerprint density at radius 1 is 1.07 bits per heavy atom. The first-order valence-corrected chi connectivity index (χ1v) is 9.66. The molecule has 0 saturated carbocycles. The molecule has 0 aromatic heterocycles. The van der Waals surface area contributed by atoms with E-state index in [1.807, 2.05) is 47.4 Å². The van der Waals surface area contributed by atoms with E-state index >= 15 is 0 Å². The molecule has 1 atom stereocenters. The smallest absolute Gasteiger partial charge is 0.254 e. The van der Waals surface area contributed by atoms with Gasteiger partial charge < -0.3 is 19.7 Å². The van der Waals surface area contributed by atoms with Crippen LogP contribution in [0.1, 0.15) is 47.3 Å². The average molecular weight is 380 g/mol. The molecule has 4 rings (SSSR count). The second-order valence-electron chi connectivity index (χ2n) is 7.17. The number of carbonyl (C=O) groups excluding carboxylic acids is 2. The number of likely N-dealkylation sites (tertiary alicyclic amines) is 1. The van der Waals surface area contributed by atoms with Crippen molar-refractivity contribution in [3.05, 3.63) is 59.2 Å².